The number of rotatable bonds is 4. The highest BCUT2D eigenvalue weighted by molar-refractivity contribution is 8.72. The third kappa shape index (κ3) is 3.44. The highest BCUT2D eigenvalue weighted by Gasteiger charge is 2.18. The highest BCUT2D eigenvalue weighted by Crippen LogP contribution is 2.36. The lowest BCUT2D eigenvalue weighted by molar-refractivity contribution is 0.294. The van der Waals surface area contributed by atoms with Crippen molar-refractivity contribution in [3.8, 4) is 0 Å². The Morgan fingerprint density at radius 2 is 1.70 bits per heavy atom. The lowest BCUT2D eigenvalue weighted by Gasteiger charge is -2.23. The number of para-hydroxylation sites is 1. The first kappa shape index (κ1) is 15.1. The Labute approximate surface area is 124 Å². The Kier molecular flexibility index (Phi) is 4.56. The average Bonchev–Trinajstić information content (AvgIpc) is 2.39. The van der Waals surface area contributed by atoms with Crippen LogP contribution in [0.2, 0.25) is 5.02 Å². The zero-order chi connectivity index (χ0) is 14.8. The predicted molar refractivity (Wildman–Crippen MR) is 78.6 cm³/mol. The molecule has 0 heterocycles. The van der Waals surface area contributed by atoms with Gasteiger partial charge >= 0.3 is 0 Å². The second kappa shape index (κ2) is 6.02. The van der Waals surface area contributed by atoms with Crippen molar-refractivity contribution in [1.29, 1.82) is 0 Å². The number of nitrogens with zero attached hydrogens (tertiary/aromatic N) is 1. The molecule has 1 N–H and O–H groups in total. The fourth-order valence-corrected chi connectivity index (χ4v) is 4.50. The maximum Gasteiger partial charge on any atom is 0.234 e. The summed E-state index contributed by atoms with van der Waals surface area (Å²) in [4.78, 5) is 0.206. The second-order valence-electron chi connectivity index (χ2n) is 3.73. The second-order valence-corrected chi connectivity index (χ2v) is 7.97. The van der Waals surface area contributed by atoms with E-state index in [0.29, 0.717) is 15.8 Å². The van der Waals surface area contributed by atoms with Gasteiger partial charge in [0.15, 0.2) is 0 Å². The summed E-state index contributed by atoms with van der Waals surface area (Å²) in [5.74, 6) is 0. The molecule has 0 aliphatic carbocycles. The lowest BCUT2D eigenvalue weighted by Crippen LogP contribution is -2.08. The van der Waals surface area contributed by atoms with Crippen LogP contribution in [0.3, 0.4) is 0 Å². The van der Waals surface area contributed by atoms with Crippen molar-refractivity contribution in [2.24, 2.45) is 0 Å². The van der Waals surface area contributed by atoms with Gasteiger partial charge in [0.25, 0.3) is 0 Å². The number of anilines is 1. The minimum absolute atomic E-state index is 0.0668. The molecule has 0 saturated carbocycles. The summed E-state index contributed by atoms with van der Waals surface area (Å²) in [7, 11) is -3.22. The minimum atomic E-state index is -3.70. The number of halogens is 1. The number of hydrogen-bond acceptors (Lipinski definition) is 6. The van der Waals surface area contributed by atoms with Gasteiger partial charge in [-0.15, -0.1) is 0 Å². The van der Waals surface area contributed by atoms with Crippen molar-refractivity contribution in [3.05, 3.63) is 58.8 Å². The van der Waals surface area contributed by atoms with E-state index < -0.39 is 8.87 Å². The van der Waals surface area contributed by atoms with E-state index in [9.17, 15) is 13.6 Å². The van der Waals surface area contributed by atoms with Crippen molar-refractivity contribution >= 4 is 37.0 Å². The molecule has 0 saturated heterocycles. The van der Waals surface area contributed by atoms with E-state index in [0.717, 1.165) is 0 Å². The molecule has 2 aromatic rings. The van der Waals surface area contributed by atoms with Gasteiger partial charge in [-0.2, -0.15) is 0 Å². The first-order chi connectivity index (χ1) is 9.40. The SMILES string of the molecule is O=S(=O)(Sc1ccccc1N([O-])O)c1ccc(Cl)cc1. The maximum atomic E-state index is 12.2. The summed E-state index contributed by atoms with van der Waals surface area (Å²) in [6.45, 7) is 0. The summed E-state index contributed by atoms with van der Waals surface area (Å²) in [5, 5.41) is 20.0. The zero-order valence-corrected chi connectivity index (χ0v) is 12.3. The predicted octanol–water partition coefficient (Wildman–Crippen LogP) is 3.51. The fourth-order valence-electron chi connectivity index (χ4n) is 1.45. The summed E-state index contributed by atoms with van der Waals surface area (Å²) in [6, 6.07) is 11.5. The van der Waals surface area contributed by atoms with Crippen LogP contribution in [0.1, 0.15) is 0 Å². The third-order valence-electron chi connectivity index (χ3n) is 2.37. The van der Waals surface area contributed by atoms with E-state index in [1.54, 1.807) is 6.07 Å². The molecule has 5 nitrogen and oxygen atoms in total. The van der Waals surface area contributed by atoms with Gasteiger partial charge in [0.2, 0.25) is 8.87 Å². The van der Waals surface area contributed by atoms with Gasteiger partial charge in [0.1, 0.15) is 0 Å². The average molecular weight is 331 g/mol. The van der Waals surface area contributed by atoms with Gasteiger partial charge in [0.05, 0.1) is 10.6 Å². The Bertz CT molecular complexity index is 702. The zero-order valence-electron chi connectivity index (χ0n) is 9.93. The molecule has 0 aromatic heterocycles. The van der Waals surface area contributed by atoms with Crippen molar-refractivity contribution in [2.45, 2.75) is 9.79 Å². The van der Waals surface area contributed by atoms with E-state index in [4.69, 9.17) is 16.8 Å². The van der Waals surface area contributed by atoms with Gasteiger partial charge in [0, 0.05) is 20.7 Å². The first-order valence-electron chi connectivity index (χ1n) is 5.35. The molecule has 8 heteroatoms. The normalized spacial score (nSPS) is 11.3. The molecular weight excluding hydrogens is 322 g/mol. The van der Waals surface area contributed by atoms with Crippen LogP contribution in [0.25, 0.3) is 0 Å². The molecule has 20 heavy (non-hydrogen) atoms. The molecule has 0 atom stereocenters. The summed E-state index contributed by atoms with van der Waals surface area (Å²) in [5.41, 5.74) is -0.130. The van der Waals surface area contributed by atoms with Gasteiger partial charge in [-0.1, -0.05) is 23.7 Å². The number of hydrogen-bond donors (Lipinski definition) is 1. The molecule has 0 amide bonds. The van der Waals surface area contributed by atoms with Crippen LogP contribution in [0.4, 0.5) is 5.69 Å². The molecule has 0 fully saturated rings. The van der Waals surface area contributed by atoms with Gasteiger partial charge in [-0.05, 0) is 36.4 Å². The van der Waals surface area contributed by atoms with Crippen LogP contribution in [-0.2, 0) is 8.87 Å². The topological polar surface area (TPSA) is 80.7 Å². The lowest BCUT2D eigenvalue weighted by atomic mass is 10.3. The van der Waals surface area contributed by atoms with Crippen molar-refractivity contribution < 1.29 is 13.6 Å². The van der Waals surface area contributed by atoms with Crippen LogP contribution >= 0.6 is 22.4 Å². The molecule has 0 aliphatic heterocycles. The van der Waals surface area contributed by atoms with E-state index in [-0.39, 0.29) is 20.7 Å². The van der Waals surface area contributed by atoms with Crippen LogP contribution < -0.4 is 5.23 Å². The Morgan fingerprint density at radius 3 is 2.30 bits per heavy atom. The van der Waals surface area contributed by atoms with Crippen LogP contribution in [0, 0.1) is 5.21 Å². The number of benzene rings is 2. The minimum Gasteiger partial charge on any atom is -0.733 e. The summed E-state index contributed by atoms with van der Waals surface area (Å²) in [6.07, 6.45) is 0. The summed E-state index contributed by atoms with van der Waals surface area (Å²) >= 11 is 5.71. The third-order valence-corrected chi connectivity index (χ3v) is 5.99. The Morgan fingerprint density at radius 1 is 1.10 bits per heavy atom. The van der Waals surface area contributed by atoms with Gasteiger partial charge < -0.3 is 10.4 Å². The van der Waals surface area contributed by atoms with Gasteiger partial charge in [-0.25, -0.2) is 8.42 Å². The monoisotopic (exact) mass is 330 g/mol. The molecule has 106 valence electrons. The molecule has 2 rings (SSSR count). The highest BCUT2D eigenvalue weighted by atomic mass is 35.5. The van der Waals surface area contributed by atoms with Crippen LogP contribution in [0.5, 0.6) is 0 Å². The first-order valence-corrected chi connectivity index (χ1v) is 8.55. The van der Waals surface area contributed by atoms with Crippen molar-refractivity contribution in [3.63, 3.8) is 0 Å². The molecule has 0 unspecified atom stereocenters. The van der Waals surface area contributed by atoms with Gasteiger partial charge in [-0.3, -0.25) is 5.21 Å². The van der Waals surface area contributed by atoms with E-state index in [1.807, 2.05) is 0 Å². The van der Waals surface area contributed by atoms with Crippen LogP contribution in [-0.4, -0.2) is 13.6 Å². The Balaban J connectivity index is 2.36. The molecular formula is C12H9ClNO4S2-. The molecule has 0 radical (unpaired) electrons. The fraction of sp³-hybridized carbons (Fsp3) is 0. The maximum absolute atomic E-state index is 12.2. The smallest absolute Gasteiger partial charge is 0.234 e. The Hall–Kier alpha value is -1.25. The summed E-state index contributed by atoms with van der Waals surface area (Å²) < 4.78 is 24.4. The van der Waals surface area contributed by atoms with Crippen LogP contribution in [0.15, 0.2) is 58.3 Å². The molecule has 0 spiro atoms. The quantitative estimate of drug-likeness (QED) is 0.682. The van der Waals surface area contributed by atoms with Crippen molar-refractivity contribution in [2.75, 3.05) is 5.23 Å². The molecule has 2 aromatic carbocycles. The van der Waals surface area contributed by atoms with E-state index >= 15 is 0 Å². The van der Waals surface area contributed by atoms with E-state index in [1.165, 1.54) is 42.5 Å². The van der Waals surface area contributed by atoms with E-state index in [2.05, 4.69) is 0 Å². The van der Waals surface area contributed by atoms with Crippen molar-refractivity contribution in [1.82, 2.24) is 0 Å². The largest absolute Gasteiger partial charge is 0.733 e. The molecule has 0 aliphatic rings. The molecule has 0 bridgehead atoms. The standard InChI is InChI=1S/C12H9ClNO4S2/c13-9-5-7-10(8-6-9)20(17,18)19-12-4-2-1-3-11(12)14(15)16/h1-8,15H/q-1.